The predicted octanol–water partition coefficient (Wildman–Crippen LogP) is 5.81. The van der Waals surface area contributed by atoms with Gasteiger partial charge in [0.05, 0.1) is 19.6 Å². The minimum Gasteiger partial charge on any atom is -0.497 e. The van der Waals surface area contributed by atoms with Gasteiger partial charge >= 0.3 is 5.97 Å². The van der Waals surface area contributed by atoms with Crippen molar-refractivity contribution in [1.29, 1.82) is 0 Å². The average Bonchev–Trinajstić information content (AvgIpc) is 2.77. The highest BCUT2D eigenvalue weighted by atomic mass is 16.5. The highest BCUT2D eigenvalue weighted by Crippen LogP contribution is 2.35. The van der Waals surface area contributed by atoms with E-state index >= 15 is 0 Å². The van der Waals surface area contributed by atoms with Crippen molar-refractivity contribution in [1.82, 2.24) is 0 Å². The van der Waals surface area contributed by atoms with Gasteiger partial charge < -0.3 is 9.47 Å². The Morgan fingerprint density at radius 2 is 1.62 bits per heavy atom. The van der Waals surface area contributed by atoms with Crippen LogP contribution in [-0.2, 0) is 9.53 Å². The van der Waals surface area contributed by atoms with Gasteiger partial charge in [0.2, 0.25) is 0 Å². The van der Waals surface area contributed by atoms with Gasteiger partial charge in [-0.15, -0.1) is 0 Å². The van der Waals surface area contributed by atoms with Gasteiger partial charge in [0.1, 0.15) is 5.75 Å². The van der Waals surface area contributed by atoms with E-state index in [2.05, 4.69) is 6.92 Å². The summed E-state index contributed by atoms with van der Waals surface area (Å²) in [5, 5.41) is 0. The third-order valence-corrected chi connectivity index (χ3v) is 5.15. The average molecular weight is 397 g/mol. The Balaban J connectivity index is 2.35. The van der Waals surface area contributed by atoms with Crippen molar-refractivity contribution in [3.05, 3.63) is 65.7 Å². The molecule has 156 valence electrons. The summed E-state index contributed by atoms with van der Waals surface area (Å²) < 4.78 is 10.8. The number of unbranched alkanes of at least 4 members (excludes halogenated alkanes) is 1. The van der Waals surface area contributed by atoms with Crippen molar-refractivity contribution in [2.45, 2.75) is 51.9 Å². The smallest absolute Gasteiger partial charge is 0.309 e. The lowest BCUT2D eigenvalue weighted by molar-refractivity contribution is -0.149. The third-order valence-electron chi connectivity index (χ3n) is 5.15. The second-order valence-electron chi connectivity index (χ2n) is 7.29. The SMILES string of the molecule is CCCCC(C(=O)OCCC)[C@H](CC(=O)c1ccccc1)c1ccc(OC)cc1. The summed E-state index contributed by atoms with van der Waals surface area (Å²) in [7, 11) is 1.62. The summed E-state index contributed by atoms with van der Waals surface area (Å²) >= 11 is 0. The van der Waals surface area contributed by atoms with Gasteiger partial charge in [-0.1, -0.05) is 69.2 Å². The van der Waals surface area contributed by atoms with Crippen molar-refractivity contribution < 1.29 is 19.1 Å². The van der Waals surface area contributed by atoms with Gasteiger partial charge in [-0.05, 0) is 30.5 Å². The number of carbonyl (C=O) groups excluding carboxylic acids is 2. The summed E-state index contributed by atoms with van der Waals surface area (Å²) in [6.07, 6.45) is 3.66. The van der Waals surface area contributed by atoms with Gasteiger partial charge in [0.15, 0.2) is 5.78 Å². The second-order valence-corrected chi connectivity index (χ2v) is 7.29. The number of ether oxygens (including phenoxy) is 2. The van der Waals surface area contributed by atoms with Crippen molar-refractivity contribution in [2.75, 3.05) is 13.7 Å². The second kappa shape index (κ2) is 12.1. The van der Waals surface area contributed by atoms with Crippen LogP contribution in [0.2, 0.25) is 0 Å². The standard InChI is InChI=1S/C25H32O4/c1-4-6-12-22(25(27)29-17-5-2)23(19-13-15-21(28-3)16-14-19)18-24(26)20-10-8-7-9-11-20/h7-11,13-16,22-23H,4-6,12,17-18H2,1-3H3/t22?,23-/m1/s1. The summed E-state index contributed by atoms with van der Waals surface area (Å²) in [5.41, 5.74) is 1.63. The number of ketones is 1. The van der Waals surface area contributed by atoms with Crippen LogP contribution in [0.15, 0.2) is 54.6 Å². The number of rotatable bonds is 12. The predicted molar refractivity (Wildman–Crippen MR) is 115 cm³/mol. The zero-order valence-electron chi connectivity index (χ0n) is 17.7. The number of benzene rings is 2. The summed E-state index contributed by atoms with van der Waals surface area (Å²) in [6, 6.07) is 16.9. The van der Waals surface area contributed by atoms with Crippen LogP contribution in [0, 0.1) is 5.92 Å². The molecule has 0 saturated carbocycles. The van der Waals surface area contributed by atoms with E-state index in [9.17, 15) is 9.59 Å². The Labute approximate surface area is 174 Å². The van der Waals surface area contributed by atoms with Gasteiger partial charge in [-0.2, -0.15) is 0 Å². The topological polar surface area (TPSA) is 52.6 Å². The maximum absolute atomic E-state index is 13.0. The van der Waals surface area contributed by atoms with Crippen LogP contribution in [-0.4, -0.2) is 25.5 Å². The van der Waals surface area contributed by atoms with Gasteiger partial charge in [0.25, 0.3) is 0 Å². The monoisotopic (exact) mass is 396 g/mol. The molecule has 0 N–H and O–H groups in total. The molecule has 0 bridgehead atoms. The molecule has 2 aromatic rings. The maximum Gasteiger partial charge on any atom is 0.309 e. The molecule has 4 heteroatoms. The fraction of sp³-hybridized carbons (Fsp3) is 0.440. The molecule has 0 aromatic heterocycles. The van der Waals surface area contributed by atoms with E-state index in [1.165, 1.54) is 0 Å². The minimum atomic E-state index is -0.345. The van der Waals surface area contributed by atoms with E-state index in [1.54, 1.807) is 7.11 Å². The molecule has 0 heterocycles. The third kappa shape index (κ3) is 6.74. The molecule has 0 aliphatic rings. The first-order valence-electron chi connectivity index (χ1n) is 10.5. The summed E-state index contributed by atoms with van der Waals surface area (Å²) in [6.45, 7) is 4.49. The molecule has 1 unspecified atom stereocenters. The summed E-state index contributed by atoms with van der Waals surface area (Å²) in [5.74, 6) is 0.00539. The Morgan fingerprint density at radius 3 is 2.21 bits per heavy atom. The van der Waals surface area contributed by atoms with E-state index < -0.39 is 0 Å². The zero-order valence-corrected chi connectivity index (χ0v) is 17.7. The van der Waals surface area contributed by atoms with E-state index in [-0.39, 0.29) is 30.0 Å². The molecule has 2 rings (SSSR count). The lowest BCUT2D eigenvalue weighted by atomic mass is 9.79. The molecule has 0 aliphatic heterocycles. The number of hydrogen-bond acceptors (Lipinski definition) is 4. The van der Waals surface area contributed by atoms with Crippen molar-refractivity contribution in [2.24, 2.45) is 5.92 Å². The molecule has 0 amide bonds. The quantitative estimate of drug-likeness (QED) is 0.335. The molecule has 0 saturated heterocycles. The van der Waals surface area contributed by atoms with Crippen LogP contribution in [0.3, 0.4) is 0 Å². The van der Waals surface area contributed by atoms with E-state index in [1.807, 2.05) is 61.5 Å². The van der Waals surface area contributed by atoms with Crippen molar-refractivity contribution >= 4 is 11.8 Å². The van der Waals surface area contributed by atoms with Crippen LogP contribution in [0.5, 0.6) is 5.75 Å². The van der Waals surface area contributed by atoms with Gasteiger partial charge in [-0.3, -0.25) is 9.59 Å². The lowest BCUT2D eigenvalue weighted by Gasteiger charge is -2.26. The first kappa shape index (κ1) is 22.7. The van der Waals surface area contributed by atoms with Gasteiger partial charge in [-0.25, -0.2) is 0 Å². The number of esters is 1. The largest absolute Gasteiger partial charge is 0.497 e. The molecule has 0 spiro atoms. The molecule has 0 radical (unpaired) electrons. The number of carbonyl (C=O) groups is 2. The fourth-order valence-electron chi connectivity index (χ4n) is 3.50. The Morgan fingerprint density at radius 1 is 0.931 bits per heavy atom. The lowest BCUT2D eigenvalue weighted by Crippen LogP contribution is -2.27. The van der Waals surface area contributed by atoms with Crippen LogP contribution < -0.4 is 4.74 Å². The molecule has 0 aliphatic carbocycles. The molecular weight excluding hydrogens is 364 g/mol. The van der Waals surface area contributed by atoms with Crippen LogP contribution >= 0.6 is 0 Å². The van der Waals surface area contributed by atoms with E-state index in [4.69, 9.17) is 9.47 Å². The minimum absolute atomic E-state index is 0.0382. The maximum atomic E-state index is 13.0. The number of hydrogen-bond donors (Lipinski definition) is 0. The highest BCUT2D eigenvalue weighted by molar-refractivity contribution is 5.96. The van der Waals surface area contributed by atoms with Gasteiger partial charge in [0, 0.05) is 17.9 Å². The van der Waals surface area contributed by atoms with E-state index in [0.29, 0.717) is 18.6 Å². The Kier molecular flexibility index (Phi) is 9.42. The first-order chi connectivity index (χ1) is 14.1. The Bertz CT molecular complexity index is 752. The van der Waals surface area contributed by atoms with E-state index in [0.717, 1.165) is 30.6 Å². The number of methoxy groups -OCH3 is 1. The molecule has 2 atom stereocenters. The van der Waals surface area contributed by atoms with Crippen molar-refractivity contribution in [3.8, 4) is 5.75 Å². The molecular formula is C25H32O4. The highest BCUT2D eigenvalue weighted by Gasteiger charge is 2.32. The first-order valence-corrected chi connectivity index (χ1v) is 10.5. The normalized spacial score (nSPS) is 12.8. The molecule has 29 heavy (non-hydrogen) atoms. The van der Waals surface area contributed by atoms with Crippen molar-refractivity contribution in [3.63, 3.8) is 0 Å². The fourth-order valence-corrected chi connectivity index (χ4v) is 3.50. The molecule has 0 fully saturated rings. The Hall–Kier alpha value is -2.62. The van der Waals surface area contributed by atoms with Crippen LogP contribution in [0.25, 0.3) is 0 Å². The van der Waals surface area contributed by atoms with Crippen LogP contribution in [0.1, 0.15) is 67.8 Å². The number of Topliss-reactive ketones (excluding diaryl/α,β-unsaturated/α-hetero) is 1. The van der Waals surface area contributed by atoms with Crippen LogP contribution in [0.4, 0.5) is 0 Å². The molecule has 4 nitrogen and oxygen atoms in total. The summed E-state index contributed by atoms with van der Waals surface area (Å²) in [4.78, 5) is 25.9. The zero-order chi connectivity index (χ0) is 21.1. The molecule has 2 aromatic carbocycles.